The van der Waals surface area contributed by atoms with E-state index in [0.29, 0.717) is 13.0 Å². The lowest BCUT2D eigenvalue weighted by Gasteiger charge is -2.12. The summed E-state index contributed by atoms with van der Waals surface area (Å²) in [5.74, 6) is -0.455. The van der Waals surface area contributed by atoms with Gasteiger partial charge in [0.05, 0.1) is 13.5 Å². The Kier molecular flexibility index (Phi) is 4.74. The Hall–Kier alpha value is -1.88. The molecule has 0 fully saturated rings. The molecule has 5 heteroatoms. The molecule has 1 aromatic carbocycles. The number of H-pyrrole nitrogens is 1. The molecule has 0 aliphatic rings. The van der Waals surface area contributed by atoms with Gasteiger partial charge in [0.2, 0.25) is 0 Å². The minimum Gasteiger partial charge on any atom is -0.469 e. The number of carbonyl (C=O) groups excluding carboxylic acids is 1. The van der Waals surface area contributed by atoms with Crippen molar-refractivity contribution < 1.29 is 13.9 Å². The molecular weight excluding hydrogens is 259 g/mol. The van der Waals surface area contributed by atoms with E-state index in [1.54, 1.807) is 12.1 Å². The molecule has 20 heavy (non-hydrogen) atoms. The molecule has 0 aliphatic carbocycles. The molecule has 2 rings (SSSR count). The molecule has 0 spiro atoms. The van der Waals surface area contributed by atoms with Crippen LogP contribution in [0.5, 0.6) is 0 Å². The second kappa shape index (κ2) is 6.52. The monoisotopic (exact) mass is 278 g/mol. The van der Waals surface area contributed by atoms with Crippen molar-refractivity contribution in [3.05, 3.63) is 35.8 Å². The maximum atomic E-state index is 13.3. The molecule has 2 N–H and O–H groups in total. The highest BCUT2D eigenvalue weighted by atomic mass is 19.1. The summed E-state index contributed by atoms with van der Waals surface area (Å²) >= 11 is 0. The Morgan fingerprint density at radius 2 is 2.30 bits per heavy atom. The second-order valence-electron chi connectivity index (χ2n) is 4.89. The van der Waals surface area contributed by atoms with Crippen molar-refractivity contribution in [3.63, 3.8) is 0 Å². The van der Waals surface area contributed by atoms with Gasteiger partial charge < -0.3 is 15.0 Å². The molecule has 0 bridgehead atoms. The van der Waals surface area contributed by atoms with Crippen LogP contribution in [0.4, 0.5) is 4.39 Å². The van der Waals surface area contributed by atoms with Crippen LogP contribution < -0.4 is 5.32 Å². The zero-order valence-corrected chi connectivity index (χ0v) is 11.7. The van der Waals surface area contributed by atoms with Gasteiger partial charge >= 0.3 is 5.97 Å². The summed E-state index contributed by atoms with van der Waals surface area (Å²) in [6.45, 7) is 2.61. The van der Waals surface area contributed by atoms with Gasteiger partial charge in [-0.3, -0.25) is 4.79 Å². The summed E-state index contributed by atoms with van der Waals surface area (Å²) in [5.41, 5.74) is 2.00. The van der Waals surface area contributed by atoms with Gasteiger partial charge in [0.1, 0.15) is 5.82 Å². The largest absolute Gasteiger partial charge is 0.469 e. The number of esters is 1. The zero-order valence-electron chi connectivity index (χ0n) is 11.7. The predicted molar refractivity (Wildman–Crippen MR) is 76.1 cm³/mol. The fourth-order valence-corrected chi connectivity index (χ4v) is 2.24. The van der Waals surface area contributed by atoms with Gasteiger partial charge in [-0.1, -0.05) is 0 Å². The SMILES string of the molecule is COC(=O)CCN[C@H](C)Cc1c[nH]c2ccc(F)cc12. The van der Waals surface area contributed by atoms with Crippen LogP contribution >= 0.6 is 0 Å². The van der Waals surface area contributed by atoms with Crippen molar-refractivity contribution in [3.8, 4) is 0 Å². The number of halogens is 1. The Bertz CT molecular complexity index is 595. The summed E-state index contributed by atoms with van der Waals surface area (Å²) in [5, 5.41) is 4.17. The third-order valence-corrected chi connectivity index (χ3v) is 3.31. The van der Waals surface area contributed by atoms with Gasteiger partial charge in [-0.25, -0.2) is 4.39 Å². The van der Waals surface area contributed by atoms with Crippen LogP contribution in [0.3, 0.4) is 0 Å². The highest BCUT2D eigenvalue weighted by molar-refractivity contribution is 5.83. The first-order valence-electron chi connectivity index (χ1n) is 6.66. The lowest BCUT2D eigenvalue weighted by atomic mass is 10.1. The molecule has 1 heterocycles. The highest BCUT2D eigenvalue weighted by Crippen LogP contribution is 2.20. The summed E-state index contributed by atoms with van der Waals surface area (Å²) in [7, 11) is 1.38. The van der Waals surface area contributed by atoms with E-state index < -0.39 is 0 Å². The standard InChI is InChI=1S/C15H19FN2O2/c1-10(17-6-5-15(19)20-2)7-11-9-18-14-4-3-12(16)8-13(11)14/h3-4,8-10,17-18H,5-7H2,1-2H3/t10-/m1/s1. The number of hydrogen-bond donors (Lipinski definition) is 2. The average Bonchev–Trinajstić information content (AvgIpc) is 2.81. The molecule has 0 unspecified atom stereocenters. The summed E-state index contributed by atoms with van der Waals surface area (Å²) in [4.78, 5) is 14.1. The number of hydrogen-bond acceptors (Lipinski definition) is 3. The molecule has 1 aromatic heterocycles. The molecule has 0 saturated carbocycles. The van der Waals surface area contributed by atoms with Crippen LogP contribution in [-0.4, -0.2) is 30.6 Å². The van der Waals surface area contributed by atoms with Gasteiger partial charge in [-0.05, 0) is 37.1 Å². The quantitative estimate of drug-likeness (QED) is 0.798. The van der Waals surface area contributed by atoms with Crippen molar-refractivity contribution in [2.45, 2.75) is 25.8 Å². The normalized spacial score (nSPS) is 12.6. The van der Waals surface area contributed by atoms with E-state index in [-0.39, 0.29) is 17.8 Å². The molecule has 4 nitrogen and oxygen atoms in total. The number of rotatable bonds is 6. The Morgan fingerprint density at radius 3 is 3.05 bits per heavy atom. The van der Waals surface area contributed by atoms with E-state index in [0.717, 1.165) is 22.9 Å². The molecule has 1 atom stereocenters. The predicted octanol–water partition coefficient (Wildman–Crippen LogP) is 2.39. The molecule has 2 aromatic rings. The van der Waals surface area contributed by atoms with Gasteiger partial charge in [-0.15, -0.1) is 0 Å². The molecular formula is C15H19FN2O2. The van der Waals surface area contributed by atoms with E-state index in [4.69, 9.17) is 0 Å². The molecule has 0 aliphatic heterocycles. The fraction of sp³-hybridized carbons (Fsp3) is 0.400. The number of benzene rings is 1. The second-order valence-corrected chi connectivity index (χ2v) is 4.89. The highest BCUT2D eigenvalue weighted by Gasteiger charge is 2.09. The minimum absolute atomic E-state index is 0.196. The number of aromatic amines is 1. The zero-order chi connectivity index (χ0) is 14.5. The topological polar surface area (TPSA) is 54.1 Å². The number of ether oxygens (including phenoxy) is 1. The number of methoxy groups -OCH3 is 1. The number of aromatic nitrogens is 1. The lowest BCUT2D eigenvalue weighted by molar-refractivity contribution is -0.140. The third-order valence-electron chi connectivity index (χ3n) is 3.31. The third kappa shape index (κ3) is 3.57. The summed E-state index contributed by atoms with van der Waals surface area (Å²) in [6.07, 6.45) is 3.02. The van der Waals surface area contributed by atoms with Crippen LogP contribution in [0.2, 0.25) is 0 Å². The van der Waals surface area contributed by atoms with Crippen molar-refractivity contribution in [1.29, 1.82) is 0 Å². The molecule has 0 saturated heterocycles. The fourth-order valence-electron chi connectivity index (χ4n) is 2.24. The Morgan fingerprint density at radius 1 is 1.50 bits per heavy atom. The van der Waals surface area contributed by atoms with Gasteiger partial charge in [0.15, 0.2) is 0 Å². The van der Waals surface area contributed by atoms with E-state index in [1.165, 1.54) is 13.2 Å². The van der Waals surface area contributed by atoms with Crippen molar-refractivity contribution in [1.82, 2.24) is 10.3 Å². The van der Waals surface area contributed by atoms with Gasteiger partial charge in [-0.2, -0.15) is 0 Å². The maximum Gasteiger partial charge on any atom is 0.306 e. The first-order chi connectivity index (χ1) is 9.60. The molecule has 0 radical (unpaired) electrons. The van der Waals surface area contributed by atoms with Crippen LogP contribution in [0.25, 0.3) is 10.9 Å². The van der Waals surface area contributed by atoms with E-state index in [2.05, 4.69) is 15.0 Å². The summed E-state index contributed by atoms with van der Waals surface area (Å²) < 4.78 is 17.9. The van der Waals surface area contributed by atoms with Gasteiger partial charge in [0, 0.05) is 29.7 Å². The van der Waals surface area contributed by atoms with Crippen molar-refractivity contribution >= 4 is 16.9 Å². The van der Waals surface area contributed by atoms with Crippen molar-refractivity contribution in [2.75, 3.05) is 13.7 Å². The van der Waals surface area contributed by atoms with Crippen LogP contribution in [0.15, 0.2) is 24.4 Å². The Labute approximate surface area is 117 Å². The van der Waals surface area contributed by atoms with Crippen LogP contribution in [0, 0.1) is 5.82 Å². The van der Waals surface area contributed by atoms with Crippen LogP contribution in [-0.2, 0) is 16.0 Å². The first-order valence-corrected chi connectivity index (χ1v) is 6.66. The van der Waals surface area contributed by atoms with E-state index >= 15 is 0 Å². The number of carbonyl (C=O) groups is 1. The Balaban J connectivity index is 1.94. The van der Waals surface area contributed by atoms with Crippen LogP contribution in [0.1, 0.15) is 18.9 Å². The lowest BCUT2D eigenvalue weighted by Crippen LogP contribution is -2.30. The van der Waals surface area contributed by atoms with Gasteiger partial charge in [0.25, 0.3) is 0 Å². The maximum absolute atomic E-state index is 13.3. The number of nitrogens with one attached hydrogen (secondary N) is 2. The van der Waals surface area contributed by atoms with E-state index in [9.17, 15) is 9.18 Å². The van der Waals surface area contributed by atoms with E-state index in [1.807, 2.05) is 13.1 Å². The molecule has 108 valence electrons. The van der Waals surface area contributed by atoms with Crippen molar-refractivity contribution in [2.24, 2.45) is 0 Å². The minimum atomic E-state index is -0.232. The first kappa shape index (κ1) is 14.5. The summed E-state index contributed by atoms with van der Waals surface area (Å²) in [6, 6.07) is 4.92. The smallest absolute Gasteiger partial charge is 0.306 e. The molecule has 0 amide bonds. The average molecular weight is 278 g/mol. The number of fused-ring (bicyclic) bond motifs is 1.